The van der Waals surface area contributed by atoms with Crippen LogP contribution < -0.4 is 5.32 Å². The van der Waals surface area contributed by atoms with Crippen molar-refractivity contribution in [2.24, 2.45) is 5.41 Å². The predicted octanol–water partition coefficient (Wildman–Crippen LogP) is 3.91. The van der Waals surface area contributed by atoms with Gasteiger partial charge in [0.2, 0.25) is 0 Å². The number of aliphatic hydroxyl groups is 1. The van der Waals surface area contributed by atoms with Gasteiger partial charge < -0.3 is 10.4 Å². The van der Waals surface area contributed by atoms with Crippen molar-refractivity contribution < 1.29 is 5.11 Å². The first-order valence-electron chi connectivity index (χ1n) is 7.72. The molecule has 0 radical (unpaired) electrons. The first-order chi connectivity index (χ1) is 9.63. The van der Waals surface area contributed by atoms with Crippen LogP contribution in [0, 0.1) is 5.41 Å². The van der Waals surface area contributed by atoms with E-state index >= 15 is 0 Å². The molecule has 0 bridgehead atoms. The molecule has 20 heavy (non-hydrogen) atoms. The lowest BCUT2D eigenvalue weighted by Gasteiger charge is -2.36. The van der Waals surface area contributed by atoms with Crippen LogP contribution in [0.1, 0.15) is 44.6 Å². The van der Waals surface area contributed by atoms with E-state index in [1.165, 1.54) is 37.7 Å². The lowest BCUT2D eigenvalue weighted by Crippen LogP contribution is -2.42. The summed E-state index contributed by atoms with van der Waals surface area (Å²) < 4.78 is 1.13. The number of nitrogens with one attached hydrogen (secondary N) is 1. The molecule has 1 atom stereocenters. The Kier molecular flexibility index (Phi) is 6.06. The highest BCUT2D eigenvalue weighted by Gasteiger charge is 2.31. The van der Waals surface area contributed by atoms with Crippen LogP contribution in [0.15, 0.2) is 28.7 Å². The lowest BCUT2D eigenvalue weighted by molar-refractivity contribution is 0.0789. The molecule has 2 rings (SSSR count). The van der Waals surface area contributed by atoms with Crippen molar-refractivity contribution in [3.05, 3.63) is 34.3 Å². The predicted molar refractivity (Wildman–Crippen MR) is 87.9 cm³/mol. The van der Waals surface area contributed by atoms with E-state index in [-0.39, 0.29) is 5.41 Å². The second kappa shape index (κ2) is 7.58. The van der Waals surface area contributed by atoms with Crippen molar-refractivity contribution in [3.8, 4) is 0 Å². The highest BCUT2D eigenvalue weighted by atomic mass is 79.9. The van der Waals surface area contributed by atoms with Crippen LogP contribution >= 0.6 is 15.9 Å². The molecule has 1 aliphatic rings. The summed E-state index contributed by atoms with van der Waals surface area (Å²) in [4.78, 5) is 0. The first kappa shape index (κ1) is 16.0. The van der Waals surface area contributed by atoms with Crippen LogP contribution in [0.3, 0.4) is 0 Å². The molecule has 2 nitrogen and oxygen atoms in total. The number of rotatable bonds is 6. The fourth-order valence-corrected chi connectivity index (χ4v) is 3.39. The zero-order valence-electron chi connectivity index (χ0n) is 12.4. The van der Waals surface area contributed by atoms with Crippen LogP contribution in [0.25, 0.3) is 0 Å². The summed E-state index contributed by atoms with van der Waals surface area (Å²) in [5.74, 6) is 0. The second-order valence-electron chi connectivity index (χ2n) is 6.33. The third-order valence-electron chi connectivity index (χ3n) is 4.53. The minimum atomic E-state index is 0.131. The molecular formula is C17H26BrNO. The SMILES string of the molecule is CC(Cc1ccc(Br)cc1)NCC1(CO)CCCCC1. The molecule has 0 heterocycles. The Hall–Kier alpha value is -0.380. The molecule has 2 N–H and O–H groups in total. The molecule has 1 unspecified atom stereocenters. The van der Waals surface area contributed by atoms with E-state index in [1.807, 2.05) is 0 Å². The maximum absolute atomic E-state index is 9.73. The second-order valence-corrected chi connectivity index (χ2v) is 7.25. The summed E-state index contributed by atoms with van der Waals surface area (Å²) in [6, 6.07) is 8.98. The molecule has 0 aromatic heterocycles. The van der Waals surface area contributed by atoms with Gasteiger partial charge >= 0.3 is 0 Å². The number of hydrogen-bond acceptors (Lipinski definition) is 2. The van der Waals surface area contributed by atoms with Gasteiger partial charge in [0, 0.05) is 29.1 Å². The third-order valence-corrected chi connectivity index (χ3v) is 5.06. The van der Waals surface area contributed by atoms with Crippen LogP contribution in [-0.4, -0.2) is 24.3 Å². The fraction of sp³-hybridized carbons (Fsp3) is 0.647. The molecular weight excluding hydrogens is 314 g/mol. The minimum absolute atomic E-state index is 0.131. The number of hydrogen-bond donors (Lipinski definition) is 2. The average Bonchev–Trinajstić information content (AvgIpc) is 2.49. The van der Waals surface area contributed by atoms with Crippen LogP contribution in [0.4, 0.5) is 0 Å². The summed E-state index contributed by atoms with van der Waals surface area (Å²) in [5, 5.41) is 13.4. The molecule has 1 saturated carbocycles. The Balaban J connectivity index is 1.81. The van der Waals surface area contributed by atoms with Gasteiger partial charge in [0.05, 0.1) is 0 Å². The number of halogens is 1. The van der Waals surface area contributed by atoms with Crippen molar-refractivity contribution >= 4 is 15.9 Å². The molecule has 0 saturated heterocycles. The van der Waals surface area contributed by atoms with E-state index in [2.05, 4.69) is 52.4 Å². The molecule has 0 amide bonds. The molecule has 3 heteroatoms. The van der Waals surface area contributed by atoms with Crippen LogP contribution in [-0.2, 0) is 6.42 Å². The molecule has 0 aliphatic heterocycles. The standard InChI is InChI=1S/C17H26BrNO/c1-14(11-15-5-7-16(18)8-6-15)19-12-17(13-20)9-3-2-4-10-17/h5-8,14,19-20H,2-4,9-13H2,1H3. The monoisotopic (exact) mass is 339 g/mol. The summed E-state index contributed by atoms with van der Waals surface area (Å²) >= 11 is 3.47. The highest BCUT2D eigenvalue weighted by Crippen LogP contribution is 2.35. The molecule has 112 valence electrons. The van der Waals surface area contributed by atoms with E-state index in [0.29, 0.717) is 12.6 Å². The van der Waals surface area contributed by atoms with Gasteiger partial charge in [0.1, 0.15) is 0 Å². The van der Waals surface area contributed by atoms with Crippen LogP contribution in [0.2, 0.25) is 0 Å². The summed E-state index contributed by atoms with van der Waals surface area (Å²) in [6.07, 6.45) is 7.24. The Morgan fingerprint density at radius 3 is 2.45 bits per heavy atom. The average molecular weight is 340 g/mol. The highest BCUT2D eigenvalue weighted by molar-refractivity contribution is 9.10. The van der Waals surface area contributed by atoms with E-state index < -0.39 is 0 Å². The maximum atomic E-state index is 9.73. The van der Waals surface area contributed by atoms with E-state index in [1.54, 1.807) is 0 Å². The fourth-order valence-electron chi connectivity index (χ4n) is 3.13. The van der Waals surface area contributed by atoms with Gasteiger partial charge in [-0.1, -0.05) is 47.3 Å². The van der Waals surface area contributed by atoms with Crippen molar-refractivity contribution in [1.29, 1.82) is 0 Å². The topological polar surface area (TPSA) is 32.3 Å². The van der Waals surface area contributed by atoms with Gasteiger partial charge in [-0.15, -0.1) is 0 Å². The van der Waals surface area contributed by atoms with Gasteiger partial charge in [-0.05, 0) is 43.9 Å². The first-order valence-corrected chi connectivity index (χ1v) is 8.52. The number of benzene rings is 1. The number of aliphatic hydroxyl groups excluding tert-OH is 1. The van der Waals surface area contributed by atoms with Crippen molar-refractivity contribution in [2.75, 3.05) is 13.2 Å². The van der Waals surface area contributed by atoms with Crippen molar-refractivity contribution in [3.63, 3.8) is 0 Å². The summed E-state index contributed by atoms with van der Waals surface area (Å²) in [6.45, 7) is 3.50. The molecule has 1 fully saturated rings. The van der Waals surface area contributed by atoms with E-state index in [4.69, 9.17) is 0 Å². The quantitative estimate of drug-likeness (QED) is 0.823. The van der Waals surface area contributed by atoms with Crippen LogP contribution in [0.5, 0.6) is 0 Å². The zero-order valence-corrected chi connectivity index (χ0v) is 14.0. The molecule has 0 spiro atoms. The largest absolute Gasteiger partial charge is 0.396 e. The smallest absolute Gasteiger partial charge is 0.0499 e. The zero-order chi connectivity index (χ0) is 14.4. The van der Waals surface area contributed by atoms with Gasteiger partial charge in [-0.3, -0.25) is 0 Å². The van der Waals surface area contributed by atoms with E-state index in [0.717, 1.165) is 17.4 Å². The third kappa shape index (κ3) is 4.57. The van der Waals surface area contributed by atoms with Gasteiger partial charge in [0.25, 0.3) is 0 Å². The van der Waals surface area contributed by atoms with Gasteiger partial charge in [-0.25, -0.2) is 0 Å². The van der Waals surface area contributed by atoms with Gasteiger partial charge in [0.15, 0.2) is 0 Å². The molecule has 1 aromatic rings. The summed E-state index contributed by atoms with van der Waals surface area (Å²) in [5.41, 5.74) is 1.49. The lowest BCUT2D eigenvalue weighted by atomic mass is 9.74. The Morgan fingerprint density at radius 2 is 1.85 bits per heavy atom. The van der Waals surface area contributed by atoms with Crippen molar-refractivity contribution in [2.45, 2.75) is 51.5 Å². The molecule has 1 aliphatic carbocycles. The Bertz CT molecular complexity index is 398. The Morgan fingerprint density at radius 1 is 1.20 bits per heavy atom. The molecule has 1 aromatic carbocycles. The van der Waals surface area contributed by atoms with Gasteiger partial charge in [-0.2, -0.15) is 0 Å². The minimum Gasteiger partial charge on any atom is -0.396 e. The Labute approximate surface area is 131 Å². The maximum Gasteiger partial charge on any atom is 0.0499 e. The normalized spacial score (nSPS) is 19.8. The van der Waals surface area contributed by atoms with Crippen molar-refractivity contribution in [1.82, 2.24) is 5.32 Å². The van der Waals surface area contributed by atoms with E-state index in [9.17, 15) is 5.11 Å². The summed E-state index contributed by atoms with van der Waals surface area (Å²) in [7, 11) is 0.